The Morgan fingerprint density at radius 1 is 1.11 bits per heavy atom. The second kappa shape index (κ2) is 9.82. The second-order valence-electron chi connectivity index (χ2n) is 5.34. The number of nitrogens with one attached hydrogen (secondary N) is 1. The summed E-state index contributed by atoms with van der Waals surface area (Å²) in [5.41, 5.74) is 8.25. The molecule has 0 saturated heterocycles. The SMILES string of the molecule is COc1ccc(C(=O)N/N=C/c2cc(Cl)c(OCC(N)=O)c(Cl)c2)cc1OC. The van der Waals surface area contributed by atoms with E-state index in [0.29, 0.717) is 22.6 Å². The predicted octanol–water partition coefficient (Wildman–Crippen LogP) is 2.64. The van der Waals surface area contributed by atoms with Crippen LogP contribution in [-0.4, -0.2) is 38.9 Å². The molecular weight excluding hydrogens is 409 g/mol. The largest absolute Gasteiger partial charge is 0.493 e. The number of methoxy groups -OCH3 is 2. The molecular formula is C18H17Cl2N3O5. The number of rotatable bonds is 8. The average molecular weight is 426 g/mol. The average Bonchev–Trinajstić information content (AvgIpc) is 2.66. The molecule has 3 N–H and O–H groups in total. The molecule has 0 atom stereocenters. The minimum atomic E-state index is -0.657. The van der Waals surface area contributed by atoms with Crippen LogP contribution in [0.1, 0.15) is 15.9 Å². The lowest BCUT2D eigenvalue weighted by atomic mass is 10.2. The van der Waals surface area contributed by atoms with E-state index in [0.717, 1.165) is 0 Å². The third-order valence-corrected chi connectivity index (χ3v) is 3.97. The van der Waals surface area contributed by atoms with Crippen LogP contribution < -0.4 is 25.4 Å². The van der Waals surface area contributed by atoms with Crippen molar-refractivity contribution in [1.29, 1.82) is 0 Å². The Balaban J connectivity index is 2.08. The van der Waals surface area contributed by atoms with Gasteiger partial charge in [0.05, 0.1) is 30.5 Å². The first-order chi connectivity index (χ1) is 13.3. The summed E-state index contributed by atoms with van der Waals surface area (Å²) in [6.07, 6.45) is 1.36. The summed E-state index contributed by atoms with van der Waals surface area (Å²) >= 11 is 12.2. The number of hydrogen-bond acceptors (Lipinski definition) is 6. The van der Waals surface area contributed by atoms with Crippen LogP contribution in [0.25, 0.3) is 0 Å². The van der Waals surface area contributed by atoms with Crippen molar-refractivity contribution in [2.45, 2.75) is 0 Å². The normalized spacial score (nSPS) is 10.6. The molecule has 148 valence electrons. The summed E-state index contributed by atoms with van der Waals surface area (Å²) < 4.78 is 15.4. The zero-order valence-corrected chi connectivity index (χ0v) is 16.5. The van der Waals surface area contributed by atoms with Crippen LogP contribution in [0.2, 0.25) is 10.0 Å². The van der Waals surface area contributed by atoms with Crippen molar-refractivity contribution in [3.8, 4) is 17.2 Å². The molecule has 0 fully saturated rings. The Morgan fingerprint density at radius 2 is 1.75 bits per heavy atom. The van der Waals surface area contributed by atoms with E-state index >= 15 is 0 Å². The number of hydrazone groups is 1. The fourth-order valence-electron chi connectivity index (χ4n) is 2.14. The number of ether oxygens (including phenoxy) is 3. The van der Waals surface area contributed by atoms with Crippen molar-refractivity contribution in [3.63, 3.8) is 0 Å². The van der Waals surface area contributed by atoms with Crippen molar-refractivity contribution in [3.05, 3.63) is 51.5 Å². The monoisotopic (exact) mass is 425 g/mol. The molecule has 0 aliphatic rings. The molecule has 28 heavy (non-hydrogen) atoms. The van der Waals surface area contributed by atoms with Gasteiger partial charge in [-0.25, -0.2) is 5.43 Å². The molecule has 0 aromatic heterocycles. The van der Waals surface area contributed by atoms with E-state index in [-0.39, 0.29) is 22.4 Å². The van der Waals surface area contributed by atoms with E-state index in [1.807, 2.05) is 0 Å². The quantitative estimate of drug-likeness (QED) is 0.498. The summed E-state index contributed by atoms with van der Waals surface area (Å²) in [5, 5.41) is 4.21. The van der Waals surface area contributed by atoms with E-state index in [9.17, 15) is 9.59 Å². The zero-order valence-electron chi connectivity index (χ0n) is 15.0. The molecule has 0 radical (unpaired) electrons. The molecule has 0 saturated carbocycles. The molecule has 10 heteroatoms. The van der Waals surface area contributed by atoms with Gasteiger partial charge in [-0.3, -0.25) is 9.59 Å². The third kappa shape index (κ3) is 5.51. The van der Waals surface area contributed by atoms with Gasteiger partial charge in [0.2, 0.25) is 0 Å². The second-order valence-corrected chi connectivity index (χ2v) is 6.15. The number of nitrogens with two attached hydrogens (primary N) is 1. The lowest BCUT2D eigenvalue weighted by Gasteiger charge is -2.09. The number of halogens is 2. The van der Waals surface area contributed by atoms with E-state index in [2.05, 4.69) is 10.5 Å². The van der Waals surface area contributed by atoms with Gasteiger partial charge in [-0.1, -0.05) is 23.2 Å². The van der Waals surface area contributed by atoms with Crippen LogP contribution >= 0.6 is 23.2 Å². The maximum atomic E-state index is 12.2. The van der Waals surface area contributed by atoms with Gasteiger partial charge < -0.3 is 19.9 Å². The number of benzene rings is 2. The molecule has 2 rings (SSSR count). The summed E-state index contributed by atoms with van der Waals surface area (Å²) in [5.74, 6) is -0.0465. The summed E-state index contributed by atoms with van der Waals surface area (Å²) in [6, 6.07) is 7.74. The lowest BCUT2D eigenvalue weighted by molar-refractivity contribution is -0.119. The predicted molar refractivity (Wildman–Crippen MR) is 106 cm³/mol. The third-order valence-electron chi connectivity index (χ3n) is 3.40. The number of carbonyl (C=O) groups excluding carboxylic acids is 2. The molecule has 0 aliphatic heterocycles. The molecule has 0 unspecified atom stereocenters. The molecule has 8 nitrogen and oxygen atoms in total. The van der Waals surface area contributed by atoms with Gasteiger partial charge in [0.1, 0.15) is 0 Å². The minimum absolute atomic E-state index is 0.133. The number of amides is 2. The van der Waals surface area contributed by atoms with Crippen LogP contribution in [0.15, 0.2) is 35.4 Å². The summed E-state index contributed by atoms with van der Waals surface area (Å²) in [6.45, 7) is -0.353. The number of nitrogens with zero attached hydrogens (tertiary/aromatic N) is 1. The van der Waals surface area contributed by atoms with Crippen LogP contribution in [0, 0.1) is 0 Å². The first-order valence-electron chi connectivity index (χ1n) is 7.81. The van der Waals surface area contributed by atoms with Crippen molar-refractivity contribution in [2.75, 3.05) is 20.8 Å². The van der Waals surface area contributed by atoms with Gasteiger partial charge in [-0.15, -0.1) is 0 Å². The zero-order chi connectivity index (χ0) is 20.7. The lowest BCUT2D eigenvalue weighted by Crippen LogP contribution is -2.20. The Hall–Kier alpha value is -2.97. The smallest absolute Gasteiger partial charge is 0.271 e. The molecule has 2 amide bonds. The van der Waals surface area contributed by atoms with Crippen LogP contribution in [0.4, 0.5) is 0 Å². The molecule has 0 aliphatic carbocycles. The Kier molecular flexibility index (Phi) is 7.48. The van der Waals surface area contributed by atoms with Gasteiger partial charge >= 0.3 is 0 Å². The molecule has 0 spiro atoms. The Labute approximate surface area is 171 Å². The number of hydrogen-bond donors (Lipinski definition) is 2. The van der Waals surface area contributed by atoms with Gasteiger partial charge in [0.25, 0.3) is 11.8 Å². The van der Waals surface area contributed by atoms with E-state index in [4.69, 9.17) is 43.1 Å². The number of primary amides is 1. The van der Waals surface area contributed by atoms with E-state index < -0.39 is 11.8 Å². The first-order valence-corrected chi connectivity index (χ1v) is 8.57. The van der Waals surface area contributed by atoms with Crippen molar-refractivity contribution in [2.24, 2.45) is 10.8 Å². The van der Waals surface area contributed by atoms with Crippen LogP contribution in [-0.2, 0) is 4.79 Å². The summed E-state index contributed by atoms with van der Waals surface area (Å²) in [7, 11) is 2.98. The van der Waals surface area contributed by atoms with Crippen molar-refractivity contribution < 1.29 is 23.8 Å². The topological polar surface area (TPSA) is 112 Å². The molecule has 2 aromatic carbocycles. The van der Waals surface area contributed by atoms with Gasteiger partial charge in [-0.2, -0.15) is 5.10 Å². The molecule has 2 aromatic rings. The highest BCUT2D eigenvalue weighted by Gasteiger charge is 2.12. The van der Waals surface area contributed by atoms with Crippen LogP contribution in [0.3, 0.4) is 0 Å². The minimum Gasteiger partial charge on any atom is -0.493 e. The Bertz CT molecular complexity index is 895. The van der Waals surface area contributed by atoms with Crippen molar-refractivity contribution in [1.82, 2.24) is 5.43 Å². The van der Waals surface area contributed by atoms with Crippen molar-refractivity contribution >= 4 is 41.2 Å². The molecule has 0 bridgehead atoms. The van der Waals surface area contributed by atoms with E-state index in [1.54, 1.807) is 12.1 Å². The fraction of sp³-hybridized carbons (Fsp3) is 0.167. The first kappa shape index (κ1) is 21.3. The maximum absolute atomic E-state index is 12.2. The van der Waals surface area contributed by atoms with Gasteiger partial charge in [0.15, 0.2) is 23.9 Å². The van der Waals surface area contributed by atoms with Crippen LogP contribution in [0.5, 0.6) is 17.2 Å². The number of carbonyl (C=O) groups is 2. The van der Waals surface area contributed by atoms with E-state index in [1.165, 1.54) is 38.6 Å². The van der Waals surface area contributed by atoms with Gasteiger partial charge in [-0.05, 0) is 35.9 Å². The highest BCUT2D eigenvalue weighted by Crippen LogP contribution is 2.33. The highest BCUT2D eigenvalue weighted by molar-refractivity contribution is 6.37. The van der Waals surface area contributed by atoms with Gasteiger partial charge in [0, 0.05) is 5.56 Å². The highest BCUT2D eigenvalue weighted by atomic mass is 35.5. The molecule has 0 heterocycles. The maximum Gasteiger partial charge on any atom is 0.271 e. The standard InChI is InChI=1S/C18H17Cl2N3O5/c1-26-14-4-3-11(7-15(14)27-2)18(25)23-22-8-10-5-12(19)17(13(20)6-10)28-9-16(21)24/h3-8H,9H2,1-2H3,(H2,21,24)(H,23,25)/b22-8+. The summed E-state index contributed by atoms with van der Waals surface area (Å²) in [4.78, 5) is 23.0. The fourth-order valence-corrected chi connectivity index (χ4v) is 2.76. The Morgan fingerprint density at radius 3 is 2.32 bits per heavy atom.